The van der Waals surface area contributed by atoms with E-state index in [0.29, 0.717) is 16.5 Å². The van der Waals surface area contributed by atoms with Crippen LogP contribution in [0.25, 0.3) is 0 Å². The molecule has 1 heterocycles. The summed E-state index contributed by atoms with van der Waals surface area (Å²) in [6.45, 7) is 4.08. The number of rotatable bonds is 4. The predicted molar refractivity (Wildman–Crippen MR) is 80.8 cm³/mol. The molecule has 1 aliphatic rings. The zero-order valence-corrected chi connectivity index (χ0v) is 13.8. The molecule has 0 unspecified atom stereocenters. The van der Waals surface area contributed by atoms with Crippen molar-refractivity contribution in [1.82, 2.24) is 5.32 Å². The van der Waals surface area contributed by atoms with Gasteiger partial charge in [0.15, 0.2) is 11.3 Å². The number of halogens is 1. The highest BCUT2D eigenvalue weighted by Crippen LogP contribution is 2.29. The summed E-state index contributed by atoms with van der Waals surface area (Å²) in [4.78, 5) is 23.5. The van der Waals surface area contributed by atoms with Gasteiger partial charge < -0.3 is 14.5 Å². The van der Waals surface area contributed by atoms with Gasteiger partial charge in [-0.2, -0.15) is 0 Å². The summed E-state index contributed by atoms with van der Waals surface area (Å²) >= 11 is 3.10. The number of carbonyl (C=O) groups is 2. The van der Waals surface area contributed by atoms with Gasteiger partial charge >= 0.3 is 5.97 Å². The Bertz CT molecular complexity index is 514. The topological polar surface area (TPSA) is 68.5 Å². The second kappa shape index (κ2) is 7.11. The van der Waals surface area contributed by atoms with Crippen LogP contribution in [0.1, 0.15) is 43.7 Å². The Hall–Kier alpha value is -1.30. The van der Waals surface area contributed by atoms with Crippen LogP contribution in [0.2, 0.25) is 0 Å². The van der Waals surface area contributed by atoms with Crippen molar-refractivity contribution in [2.45, 2.75) is 39.2 Å². The second-order valence-corrected chi connectivity index (χ2v) is 6.40. The number of furan rings is 1. The molecule has 5 nitrogen and oxygen atoms in total. The molecule has 6 heteroatoms. The first-order valence-electron chi connectivity index (χ1n) is 7.19. The first kappa shape index (κ1) is 16.1. The molecule has 1 fully saturated rings. The molecule has 0 spiro atoms. The van der Waals surface area contributed by atoms with Crippen molar-refractivity contribution in [3.05, 3.63) is 22.6 Å². The molecular formula is C15H20BrNO4. The lowest BCUT2D eigenvalue weighted by molar-refractivity contribution is -0.125. The molecule has 1 saturated carbocycles. The third-order valence-electron chi connectivity index (χ3n) is 4.16. The average molecular weight is 358 g/mol. The van der Waals surface area contributed by atoms with Gasteiger partial charge in [-0.05, 0) is 46.3 Å². The van der Waals surface area contributed by atoms with Crippen molar-refractivity contribution >= 4 is 27.8 Å². The SMILES string of the molecule is C[C@@H]1[C@H](C)CCC[C@H]1NC(=O)COC(=O)c1ccc(Br)o1. The molecule has 21 heavy (non-hydrogen) atoms. The van der Waals surface area contributed by atoms with Crippen LogP contribution in [0.4, 0.5) is 0 Å². The number of hydrogen-bond acceptors (Lipinski definition) is 4. The van der Waals surface area contributed by atoms with E-state index in [2.05, 4.69) is 35.1 Å². The van der Waals surface area contributed by atoms with E-state index in [1.807, 2.05) is 0 Å². The lowest BCUT2D eigenvalue weighted by atomic mass is 9.78. The van der Waals surface area contributed by atoms with Crippen molar-refractivity contribution in [1.29, 1.82) is 0 Å². The molecule has 0 saturated heterocycles. The maximum absolute atomic E-state index is 11.9. The summed E-state index contributed by atoms with van der Waals surface area (Å²) < 4.78 is 10.5. The number of amides is 1. The predicted octanol–water partition coefficient (Wildman–Crippen LogP) is 3.14. The first-order chi connectivity index (χ1) is 9.97. The van der Waals surface area contributed by atoms with Crippen LogP contribution < -0.4 is 5.32 Å². The van der Waals surface area contributed by atoms with Crippen LogP contribution in [0.15, 0.2) is 21.2 Å². The highest BCUT2D eigenvalue weighted by atomic mass is 79.9. The van der Waals surface area contributed by atoms with Gasteiger partial charge in [0, 0.05) is 6.04 Å². The van der Waals surface area contributed by atoms with E-state index >= 15 is 0 Å². The molecule has 0 bridgehead atoms. The van der Waals surface area contributed by atoms with E-state index in [1.165, 1.54) is 12.5 Å². The minimum Gasteiger partial charge on any atom is -0.450 e. The molecule has 1 amide bonds. The van der Waals surface area contributed by atoms with Gasteiger partial charge in [-0.15, -0.1) is 0 Å². The first-order valence-corrected chi connectivity index (χ1v) is 7.98. The van der Waals surface area contributed by atoms with Crippen LogP contribution in [-0.2, 0) is 9.53 Å². The molecule has 0 radical (unpaired) electrons. The van der Waals surface area contributed by atoms with Gasteiger partial charge in [0.2, 0.25) is 5.76 Å². The van der Waals surface area contributed by atoms with E-state index in [1.54, 1.807) is 6.07 Å². The van der Waals surface area contributed by atoms with Crippen LogP contribution in [0.3, 0.4) is 0 Å². The van der Waals surface area contributed by atoms with Gasteiger partial charge in [-0.1, -0.05) is 26.7 Å². The fourth-order valence-corrected chi connectivity index (χ4v) is 2.97. The van der Waals surface area contributed by atoms with Crippen molar-refractivity contribution in [2.75, 3.05) is 6.61 Å². The molecule has 116 valence electrons. The molecule has 0 aromatic carbocycles. The van der Waals surface area contributed by atoms with Gasteiger partial charge in [0.1, 0.15) is 0 Å². The quantitative estimate of drug-likeness (QED) is 0.840. The Balaban J connectivity index is 1.78. The summed E-state index contributed by atoms with van der Waals surface area (Å²) in [7, 11) is 0. The Morgan fingerprint density at radius 1 is 1.38 bits per heavy atom. The molecular weight excluding hydrogens is 338 g/mol. The van der Waals surface area contributed by atoms with Gasteiger partial charge in [-0.3, -0.25) is 4.79 Å². The third-order valence-corrected chi connectivity index (χ3v) is 4.59. The fourth-order valence-electron chi connectivity index (χ4n) is 2.66. The van der Waals surface area contributed by atoms with Crippen molar-refractivity contribution in [3.63, 3.8) is 0 Å². The molecule has 1 aromatic rings. The van der Waals surface area contributed by atoms with Crippen molar-refractivity contribution < 1.29 is 18.7 Å². The summed E-state index contributed by atoms with van der Waals surface area (Å²) in [5.74, 6) is 0.224. The summed E-state index contributed by atoms with van der Waals surface area (Å²) in [5, 5.41) is 2.96. The maximum Gasteiger partial charge on any atom is 0.374 e. The number of ether oxygens (including phenoxy) is 1. The largest absolute Gasteiger partial charge is 0.450 e. The number of carbonyl (C=O) groups excluding carboxylic acids is 2. The van der Waals surface area contributed by atoms with Crippen LogP contribution in [0, 0.1) is 11.8 Å². The van der Waals surface area contributed by atoms with E-state index in [9.17, 15) is 9.59 Å². The van der Waals surface area contributed by atoms with Gasteiger partial charge in [0.25, 0.3) is 5.91 Å². The summed E-state index contributed by atoms with van der Waals surface area (Å²) in [5.41, 5.74) is 0. The molecule has 1 aliphatic carbocycles. The lowest BCUT2D eigenvalue weighted by Gasteiger charge is -2.34. The standard InChI is InChI=1S/C15H20BrNO4/c1-9-4-3-5-11(10(9)2)17-14(18)8-20-15(19)12-6-7-13(16)21-12/h6-7,9-11H,3-5,8H2,1-2H3,(H,17,18)/t9-,10-,11-/m1/s1. The van der Waals surface area contributed by atoms with Crippen LogP contribution in [0.5, 0.6) is 0 Å². The Kier molecular flexibility index (Phi) is 5.45. The zero-order chi connectivity index (χ0) is 15.4. The summed E-state index contributed by atoms with van der Waals surface area (Å²) in [6, 6.07) is 3.26. The van der Waals surface area contributed by atoms with E-state index in [0.717, 1.165) is 12.8 Å². The molecule has 1 aromatic heterocycles. The van der Waals surface area contributed by atoms with Gasteiger partial charge in [0.05, 0.1) is 0 Å². The highest BCUT2D eigenvalue weighted by molar-refractivity contribution is 9.10. The smallest absolute Gasteiger partial charge is 0.374 e. The molecule has 2 rings (SSSR count). The molecule has 1 N–H and O–H groups in total. The minimum absolute atomic E-state index is 0.0781. The maximum atomic E-state index is 11.9. The normalized spacial score (nSPS) is 25.4. The molecule has 3 atom stereocenters. The monoisotopic (exact) mass is 357 g/mol. The third kappa shape index (κ3) is 4.33. The van der Waals surface area contributed by atoms with E-state index in [4.69, 9.17) is 9.15 Å². The number of nitrogens with one attached hydrogen (secondary N) is 1. The van der Waals surface area contributed by atoms with Crippen LogP contribution in [-0.4, -0.2) is 24.5 Å². The fraction of sp³-hybridized carbons (Fsp3) is 0.600. The molecule has 0 aliphatic heterocycles. The van der Waals surface area contributed by atoms with Crippen molar-refractivity contribution in [2.24, 2.45) is 11.8 Å². The van der Waals surface area contributed by atoms with E-state index in [-0.39, 0.29) is 24.3 Å². The average Bonchev–Trinajstić information content (AvgIpc) is 2.88. The Morgan fingerprint density at radius 2 is 2.14 bits per heavy atom. The zero-order valence-electron chi connectivity index (χ0n) is 12.2. The minimum atomic E-state index is -0.638. The Morgan fingerprint density at radius 3 is 2.81 bits per heavy atom. The van der Waals surface area contributed by atoms with E-state index < -0.39 is 5.97 Å². The number of esters is 1. The number of hydrogen-bond donors (Lipinski definition) is 1. The van der Waals surface area contributed by atoms with Crippen LogP contribution >= 0.6 is 15.9 Å². The highest BCUT2D eigenvalue weighted by Gasteiger charge is 2.28. The van der Waals surface area contributed by atoms with Gasteiger partial charge in [-0.25, -0.2) is 4.79 Å². The Labute approximate surface area is 132 Å². The summed E-state index contributed by atoms with van der Waals surface area (Å²) in [6.07, 6.45) is 3.31. The second-order valence-electron chi connectivity index (χ2n) is 5.62. The van der Waals surface area contributed by atoms with Crippen molar-refractivity contribution in [3.8, 4) is 0 Å². The lowest BCUT2D eigenvalue weighted by Crippen LogP contribution is -2.45.